The molecule has 2 saturated carbocycles. The molecule has 5 rings (SSSR count). The predicted molar refractivity (Wildman–Crippen MR) is 113 cm³/mol. The fourth-order valence-electron chi connectivity index (χ4n) is 3.73. The molecule has 0 bridgehead atoms. The Balaban J connectivity index is 1.42. The van der Waals surface area contributed by atoms with Crippen LogP contribution in [0.1, 0.15) is 38.3 Å². The van der Waals surface area contributed by atoms with Gasteiger partial charge in [0.25, 0.3) is 0 Å². The highest BCUT2D eigenvalue weighted by atomic mass is 16.5. The Morgan fingerprint density at radius 3 is 2.83 bits per heavy atom. The lowest BCUT2D eigenvalue weighted by Crippen LogP contribution is -2.34. The average molecular weight is 406 g/mol. The van der Waals surface area contributed by atoms with Crippen molar-refractivity contribution >= 4 is 17.2 Å². The number of pyridine rings is 2. The maximum Gasteiger partial charge on any atom is 0.228 e. The van der Waals surface area contributed by atoms with Gasteiger partial charge in [-0.05, 0) is 69.2 Å². The van der Waals surface area contributed by atoms with Crippen LogP contribution in [0, 0.1) is 18.8 Å². The summed E-state index contributed by atoms with van der Waals surface area (Å²) in [4.78, 5) is 16.4. The van der Waals surface area contributed by atoms with Gasteiger partial charge in [-0.1, -0.05) is 0 Å². The Morgan fingerprint density at radius 1 is 1.30 bits per heavy atom. The van der Waals surface area contributed by atoms with Crippen LogP contribution in [0.3, 0.4) is 0 Å². The van der Waals surface area contributed by atoms with Gasteiger partial charge in [0.05, 0.1) is 17.3 Å². The van der Waals surface area contributed by atoms with E-state index in [9.17, 15) is 9.90 Å². The molecule has 2 aliphatic carbocycles. The molecule has 7 heteroatoms. The number of ether oxygens (including phenoxy) is 1. The Bertz CT molecular complexity index is 1110. The van der Waals surface area contributed by atoms with E-state index in [-0.39, 0.29) is 18.4 Å². The van der Waals surface area contributed by atoms with Crippen molar-refractivity contribution < 1.29 is 14.6 Å². The van der Waals surface area contributed by atoms with Crippen molar-refractivity contribution in [2.75, 3.05) is 11.9 Å². The third kappa shape index (κ3) is 3.89. The quantitative estimate of drug-likeness (QED) is 0.626. The average Bonchev–Trinajstić information content (AvgIpc) is 3.61. The summed E-state index contributed by atoms with van der Waals surface area (Å²) in [5.74, 6) is 1.70. The maximum absolute atomic E-state index is 12.0. The van der Waals surface area contributed by atoms with E-state index in [2.05, 4.69) is 15.4 Å². The standard InChI is InChI=1S/C23H26N4O3/c1-14-9-19(20(12-24-14)30-13-23(2,29)17-5-6-17)16-7-8-27-18(10-16)11-21(26-27)25-22(28)15-3-4-15/h7-12,15,17,29H,3-6,13H2,1-2H3,(H,25,26,28). The van der Waals surface area contributed by atoms with Gasteiger partial charge in [0.15, 0.2) is 5.82 Å². The first kappa shape index (κ1) is 19.1. The first-order valence-electron chi connectivity index (χ1n) is 10.5. The number of aromatic nitrogens is 3. The highest BCUT2D eigenvalue weighted by Crippen LogP contribution is 2.40. The van der Waals surface area contributed by atoms with Crippen LogP contribution in [-0.4, -0.2) is 37.8 Å². The third-order valence-corrected chi connectivity index (χ3v) is 5.95. The van der Waals surface area contributed by atoms with Gasteiger partial charge in [0.1, 0.15) is 12.4 Å². The predicted octanol–water partition coefficient (Wildman–Crippen LogP) is 3.59. The topological polar surface area (TPSA) is 88.8 Å². The molecular formula is C23H26N4O3. The van der Waals surface area contributed by atoms with Crippen molar-refractivity contribution in [3.05, 3.63) is 42.4 Å². The number of nitrogens with zero attached hydrogens (tertiary/aromatic N) is 3. The molecule has 1 unspecified atom stereocenters. The van der Waals surface area contributed by atoms with Crippen LogP contribution < -0.4 is 10.1 Å². The van der Waals surface area contributed by atoms with E-state index >= 15 is 0 Å². The van der Waals surface area contributed by atoms with Gasteiger partial charge in [-0.25, -0.2) is 4.52 Å². The minimum atomic E-state index is -0.827. The summed E-state index contributed by atoms with van der Waals surface area (Å²) in [5, 5.41) is 17.9. The number of aliphatic hydroxyl groups is 1. The second-order valence-electron chi connectivity index (χ2n) is 8.82. The monoisotopic (exact) mass is 406 g/mol. The SMILES string of the molecule is Cc1cc(-c2ccn3nc(NC(=O)C4CC4)cc3c2)c(OCC(C)(O)C2CC2)cn1. The summed E-state index contributed by atoms with van der Waals surface area (Å²) in [5.41, 5.74) is 2.82. The van der Waals surface area contributed by atoms with Gasteiger partial charge >= 0.3 is 0 Å². The highest BCUT2D eigenvalue weighted by Gasteiger charge is 2.40. The van der Waals surface area contributed by atoms with Crippen LogP contribution in [0.25, 0.3) is 16.6 Å². The van der Waals surface area contributed by atoms with Gasteiger partial charge in [-0.3, -0.25) is 9.78 Å². The number of aryl methyl sites for hydroxylation is 1. The lowest BCUT2D eigenvalue weighted by molar-refractivity contribution is -0.117. The number of nitrogens with one attached hydrogen (secondary N) is 1. The Labute approximate surface area is 175 Å². The first-order chi connectivity index (χ1) is 14.4. The van der Waals surface area contributed by atoms with Gasteiger partial charge in [-0.15, -0.1) is 0 Å². The number of carbonyl (C=O) groups excluding carboxylic acids is 1. The van der Waals surface area contributed by atoms with Gasteiger partial charge in [-0.2, -0.15) is 5.10 Å². The van der Waals surface area contributed by atoms with E-state index in [1.807, 2.05) is 44.3 Å². The van der Waals surface area contributed by atoms with Crippen molar-refractivity contribution in [2.24, 2.45) is 11.8 Å². The lowest BCUT2D eigenvalue weighted by atomic mass is 10.0. The van der Waals surface area contributed by atoms with E-state index < -0.39 is 5.60 Å². The number of hydrogen-bond acceptors (Lipinski definition) is 5. The van der Waals surface area contributed by atoms with Crippen molar-refractivity contribution in [2.45, 2.75) is 45.1 Å². The molecule has 0 aromatic carbocycles. The van der Waals surface area contributed by atoms with Crippen LogP contribution in [0.5, 0.6) is 5.75 Å². The lowest BCUT2D eigenvalue weighted by Gasteiger charge is -2.24. The minimum absolute atomic E-state index is 0.0433. The molecule has 0 aliphatic heterocycles. The molecule has 3 aromatic heterocycles. The molecule has 3 aromatic rings. The summed E-state index contributed by atoms with van der Waals surface area (Å²) >= 11 is 0. The molecule has 0 saturated heterocycles. The van der Waals surface area contributed by atoms with Crippen molar-refractivity contribution in [1.82, 2.24) is 14.6 Å². The first-order valence-corrected chi connectivity index (χ1v) is 10.5. The Hall–Kier alpha value is -2.93. The normalized spacial score (nSPS) is 18.2. The Morgan fingerprint density at radius 2 is 2.10 bits per heavy atom. The molecule has 30 heavy (non-hydrogen) atoms. The van der Waals surface area contributed by atoms with Crippen LogP contribution in [0.2, 0.25) is 0 Å². The summed E-state index contributed by atoms with van der Waals surface area (Å²) in [6.07, 6.45) is 7.61. The van der Waals surface area contributed by atoms with Crippen LogP contribution >= 0.6 is 0 Å². The molecule has 0 spiro atoms. The third-order valence-electron chi connectivity index (χ3n) is 5.95. The van der Waals surface area contributed by atoms with Gasteiger partial charge < -0.3 is 15.2 Å². The number of anilines is 1. The Kier molecular flexibility index (Phi) is 4.50. The summed E-state index contributed by atoms with van der Waals surface area (Å²) < 4.78 is 7.77. The molecule has 1 atom stereocenters. The molecule has 156 valence electrons. The largest absolute Gasteiger partial charge is 0.488 e. The number of fused-ring (bicyclic) bond motifs is 1. The molecular weight excluding hydrogens is 380 g/mol. The van der Waals surface area contributed by atoms with E-state index in [0.717, 1.165) is 48.0 Å². The fourth-order valence-corrected chi connectivity index (χ4v) is 3.73. The minimum Gasteiger partial charge on any atom is -0.488 e. The van der Waals surface area contributed by atoms with Crippen LogP contribution in [0.15, 0.2) is 36.7 Å². The van der Waals surface area contributed by atoms with Crippen molar-refractivity contribution in [1.29, 1.82) is 0 Å². The second kappa shape index (κ2) is 7.09. The zero-order valence-corrected chi connectivity index (χ0v) is 17.3. The smallest absolute Gasteiger partial charge is 0.228 e. The van der Waals surface area contributed by atoms with Crippen molar-refractivity contribution in [3.63, 3.8) is 0 Å². The molecule has 1 amide bonds. The highest BCUT2D eigenvalue weighted by molar-refractivity contribution is 5.93. The summed E-state index contributed by atoms with van der Waals surface area (Å²) in [7, 11) is 0. The number of carbonyl (C=O) groups is 1. The second-order valence-corrected chi connectivity index (χ2v) is 8.82. The van der Waals surface area contributed by atoms with Crippen LogP contribution in [-0.2, 0) is 4.79 Å². The summed E-state index contributed by atoms with van der Waals surface area (Å²) in [6.45, 7) is 4.01. The zero-order chi connectivity index (χ0) is 20.9. The van der Waals surface area contributed by atoms with Crippen molar-refractivity contribution in [3.8, 4) is 16.9 Å². The van der Waals surface area contributed by atoms with E-state index in [1.165, 1.54) is 0 Å². The van der Waals surface area contributed by atoms with E-state index in [4.69, 9.17) is 4.74 Å². The number of rotatable bonds is 7. The molecule has 2 N–H and O–H groups in total. The van der Waals surface area contributed by atoms with Gasteiger partial charge in [0.2, 0.25) is 5.91 Å². The fraction of sp³-hybridized carbons (Fsp3) is 0.435. The molecule has 0 radical (unpaired) electrons. The van der Waals surface area contributed by atoms with E-state index in [0.29, 0.717) is 17.5 Å². The van der Waals surface area contributed by atoms with E-state index in [1.54, 1.807) is 10.7 Å². The zero-order valence-electron chi connectivity index (χ0n) is 17.3. The number of hydrogen-bond donors (Lipinski definition) is 2. The molecule has 3 heterocycles. The molecule has 7 nitrogen and oxygen atoms in total. The molecule has 2 fully saturated rings. The summed E-state index contributed by atoms with van der Waals surface area (Å²) in [6, 6.07) is 7.84. The number of amides is 1. The van der Waals surface area contributed by atoms with Gasteiger partial charge in [0, 0.05) is 29.4 Å². The maximum atomic E-state index is 12.0. The molecule has 2 aliphatic rings. The van der Waals surface area contributed by atoms with Crippen LogP contribution in [0.4, 0.5) is 5.82 Å².